The summed E-state index contributed by atoms with van der Waals surface area (Å²) in [6, 6.07) is 15.3. The number of rotatable bonds is 0. The van der Waals surface area contributed by atoms with Crippen LogP contribution in [0.5, 0.6) is 0 Å². The Labute approximate surface area is 119 Å². The average molecular weight is 345 g/mol. The van der Waals surface area contributed by atoms with Crippen molar-refractivity contribution < 1.29 is 0 Å². The molecule has 1 aromatic heterocycles. The molecule has 1 nitrogen and oxygen atoms in total. The number of fused-ring (bicyclic) bond motifs is 5. The number of aromatic nitrogens is 1. The monoisotopic (exact) mass is 345 g/mol. The molecule has 0 unspecified atom stereocenters. The first-order chi connectivity index (χ1) is 8.84. The minimum Gasteiger partial charge on any atom is -0.357 e. The van der Waals surface area contributed by atoms with Crippen LogP contribution in [0.25, 0.3) is 22.0 Å². The standard InChI is InChI=1S/C16H12IN/c17-13-7-3-6-12-15-11-5-2-1-4-10(11)8-9-14(15)18-16(12)13/h1-7,18H,8-9H2. The van der Waals surface area contributed by atoms with E-state index in [0.29, 0.717) is 0 Å². The van der Waals surface area contributed by atoms with E-state index < -0.39 is 0 Å². The quantitative estimate of drug-likeness (QED) is 0.576. The highest BCUT2D eigenvalue weighted by Gasteiger charge is 2.20. The SMILES string of the molecule is Ic1cccc2c3c([nH]c12)CCc1ccccc1-3. The Morgan fingerprint density at radius 2 is 1.83 bits per heavy atom. The zero-order valence-corrected chi connectivity index (χ0v) is 12.0. The van der Waals surface area contributed by atoms with Crippen LogP contribution in [0.4, 0.5) is 0 Å². The van der Waals surface area contributed by atoms with Gasteiger partial charge in [0, 0.05) is 20.2 Å². The maximum absolute atomic E-state index is 3.62. The molecule has 0 saturated carbocycles. The molecule has 2 heteroatoms. The van der Waals surface area contributed by atoms with Crippen molar-refractivity contribution in [2.45, 2.75) is 12.8 Å². The third-order valence-corrected chi connectivity index (χ3v) is 4.69. The molecule has 4 rings (SSSR count). The highest BCUT2D eigenvalue weighted by molar-refractivity contribution is 14.1. The van der Waals surface area contributed by atoms with E-state index in [2.05, 4.69) is 70.0 Å². The summed E-state index contributed by atoms with van der Waals surface area (Å²) in [5.74, 6) is 0. The van der Waals surface area contributed by atoms with Crippen molar-refractivity contribution >= 4 is 33.5 Å². The number of aryl methyl sites for hydroxylation is 2. The van der Waals surface area contributed by atoms with Gasteiger partial charge >= 0.3 is 0 Å². The Morgan fingerprint density at radius 3 is 2.78 bits per heavy atom. The number of nitrogens with one attached hydrogen (secondary N) is 1. The van der Waals surface area contributed by atoms with Crippen LogP contribution >= 0.6 is 22.6 Å². The normalized spacial score (nSPS) is 13.4. The van der Waals surface area contributed by atoms with E-state index in [1.807, 2.05) is 0 Å². The Kier molecular flexibility index (Phi) is 2.27. The first-order valence-electron chi connectivity index (χ1n) is 6.22. The molecule has 1 N–H and O–H groups in total. The van der Waals surface area contributed by atoms with Crippen LogP contribution < -0.4 is 0 Å². The number of hydrogen-bond donors (Lipinski definition) is 1. The third kappa shape index (κ3) is 1.38. The van der Waals surface area contributed by atoms with Gasteiger partial charge in [-0.1, -0.05) is 36.4 Å². The smallest absolute Gasteiger partial charge is 0.0598 e. The van der Waals surface area contributed by atoms with Crippen molar-refractivity contribution in [3.63, 3.8) is 0 Å². The minimum absolute atomic E-state index is 1.12. The number of halogens is 1. The van der Waals surface area contributed by atoms with E-state index in [1.54, 1.807) is 0 Å². The number of H-pyrrole nitrogens is 1. The van der Waals surface area contributed by atoms with Gasteiger partial charge in [0.25, 0.3) is 0 Å². The fourth-order valence-corrected chi connectivity index (χ4v) is 3.61. The summed E-state index contributed by atoms with van der Waals surface area (Å²) in [5.41, 5.74) is 7.00. The first kappa shape index (κ1) is 10.6. The lowest BCUT2D eigenvalue weighted by molar-refractivity contribution is 0.914. The van der Waals surface area contributed by atoms with Crippen molar-refractivity contribution in [2.75, 3.05) is 0 Å². The van der Waals surface area contributed by atoms with E-state index >= 15 is 0 Å². The van der Waals surface area contributed by atoms with Gasteiger partial charge < -0.3 is 4.98 Å². The van der Waals surface area contributed by atoms with Gasteiger partial charge in [0.05, 0.1) is 5.52 Å². The number of aromatic amines is 1. The van der Waals surface area contributed by atoms with E-state index in [1.165, 1.54) is 36.9 Å². The highest BCUT2D eigenvalue weighted by atomic mass is 127. The zero-order valence-electron chi connectivity index (χ0n) is 9.83. The minimum atomic E-state index is 1.12. The molecule has 88 valence electrons. The maximum atomic E-state index is 3.62. The molecule has 18 heavy (non-hydrogen) atoms. The molecule has 0 saturated heterocycles. The lowest BCUT2D eigenvalue weighted by Crippen LogP contribution is -2.02. The fourth-order valence-electron chi connectivity index (χ4n) is 2.97. The Balaban J connectivity index is 2.14. The van der Waals surface area contributed by atoms with Gasteiger partial charge in [0.1, 0.15) is 0 Å². The molecular weight excluding hydrogens is 333 g/mol. The van der Waals surface area contributed by atoms with E-state index in [-0.39, 0.29) is 0 Å². The van der Waals surface area contributed by atoms with E-state index in [9.17, 15) is 0 Å². The molecule has 0 aliphatic heterocycles. The molecule has 1 aliphatic rings. The van der Waals surface area contributed by atoms with Crippen molar-refractivity contribution in [3.05, 3.63) is 57.3 Å². The molecule has 0 fully saturated rings. The fraction of sp³-hybridized carbons (Fsp3) is 0.125. The van der Waals surface area contributed by atoms with Crippen molar-refractivity contribution in [3.8, 4) is 11.1 Å². The van der Waals surface area contributed by atoms with Gasteiger partial charge in [-0.05, 0) is 52.6 Å². The van der Waals surface area contributed by atoms with Crippen molar-refractivity contribution in [1.29, 1.82) is 0 Å². The van der Waals surface area contributed by atoms with Gasteiger partial charge in [0.15, 0.2) is 0 Å². The summed E-state index contributed by atoms with van der Waals surface area (Å²) < 4.78 is 1.30. The van der Waals surface area contributed by atoms with Crippen LogP contribution in [0.15, 0.2) is 42.5 Å². The second-order valence-electron chi connectivity index (χ2n) is 4.80. The van der Waals surface area contributed by atoms with Crippen LogP contribution in [-0.2, 0) is 12.8 Å². The first-order valence-corrected chi connectivity index (χ1v) is 7.30. The molecule has 0 radical (unpaired) electrons. The Hall–Kier alpha value is -1.29. The van der Waals surface area contributed by atoms with Crippen molar-refractivity contribution in [2.24, 2.45) is 0 Å². The molecule has 1 aliphatic carbocycles. The summed E-state index contributed by atoms with van der Waals surface area (Å²) in [6.45, 7) is 0. The average Bonchev–Trinajstić information content (AvgIpc) is 2.79. The van der Waals surface area contributed by atoms with Gasteiger partial charge in [0.2, 0.25) is 0 Å². The lowest BCUT2D eigenvalue weighted by atomic mass is 9.88. The van der Waals surface area contributed by atoms with Crippen LogP contribution in [0, 0.1) is 3.57 Å². The summed E-state index contributed by atoms with van der Waals surface area (Å²) in [6.07, 6.45) is 2.27. The van der Waals surface area contributed by atoms with Crippen LogP contribution in [-0.4, -0.2) is 4.98 Å². The molecule has 0 spiro atoms. The molecule has 1 heterocycles. The predicted octanol–water partition coefficient (Wildman–Crippen LogP) is 4.54. The largest absolute Gasteiger partial charge is 0.357 e. The molecule has 3 aromatic rings. The number of para-hydroxylation sites is 1. The lowest BCUT2D eigenvalue weighted by Gasteiger charge is -2.16. The van der Waals surface area contributed by atoms with Crippen molar-refractivity contribution in [1.82, 2.24) is 4.98 Å². The third-order valence-electron chi connectivity index (χ3n) is 3.79. The van der Waals surface area contributed by atoms with Gasteiger partial charge in [-0.15, -0.1) is 0 Å². The molecular formula is C16H12IN. The maximum Gasteiger partial charge on any atom is 0.0598 e. The highest BCUT2D eigenvalue weighted by Crippen LogP contribution is 2.39. The van der Waals surface area contributed by atoms with Crippen LogP contribution in [0.1, 0.15) is 11.3 Å². The molecule has 0 atom stereocenters. The van der Waals surface area contributed by atoms with Crippen LogP contribution in [0.3, 0.4) is 0 Å². The van der Waals surface area contributed by atoms with Gasteiger partial charge in [-0.2, -0.15) is 0 Å². The molecule has 2 aromatic carbocycles. The van der Waals surface area contributed by atoms with Gasteiger partial charge in [-0.25, -0.2) is 0 Å². The molecule has 0 bridgehead atoms. The second-order valence-corrected chi connectivity index (χ2v) is 5.96. The Morgan fingerprint density at radius 1 is 0.944 bits per heavy atom. The Bertz CT molecular complexity index is 755. The molecule has 0 amide bonds. The second kappa shape index (κ2) is 3.85. The number of benzene rings is 2. The summed E-state index contributed by atoms with van der Waals surface area (Å²) in [4.78, 5) is 3.62. The summed E-state index contributed by atoms with van der Waals surface area (Å²) in [5, 5.41) is 1.36. The zero-order chi connectivity index (χ0) is 12.1. The van der Waals surface area contributed by atoms with Gasteiger partial charge in [-0.3, -0.25) is 0 Å². The van der Waals surface area contributed by atoms with E-state index in [4.69, 9.17) is 0 Å². The summed E-state index contributed by atoms with van der Waals surface area (Å²) >= 11 is 2.41. The predicted molar refractivity (Wildman–Crippen MR) is 83.9 cm³/mol. The summed E-state index contributed by atoms with van der Waals surface area (Å²) in [7, 11) is 0. The van der Waals surface area contributed by atoms with Crippen LogP contribution in [0.2, 0.25) is 0 Å². The topological polar surface area (TPSA) is 15.8 Å². The van der Waals surface area contributed by atoms with E-state index in [0.717, 1.165) is 12.8 Å². The number of hydrogen-bond acceptors (Lipinski definition) is 0.